The predicted octanol–water partition coefficient (Wildman–Crippen LogP) is 4.77. The molecule has 7 heteroatoms. The van der Waals surface area contributed by atoms with Gasteiger partial charge in [0, 0.05) is 40.7 Å². The van der Waals surface area contributed by atoms with Crippen LogP contribution in [0.5, 0.6) is 0 Å². The molecule has 0 saturated heterocycles. The van der Waals surface area contributed by atoms with E-state index in [2.05, 4.69) is 43.5 Å². The maximum Gasteiger partial charge on any atom is 0.116 e. The standard InChI is InChI=1S/C22H16N6O/c1-28-11-14(9-24-28)19-8-17-21(10-23-19)26-27-22(17)20-7-16-15(13-5-6-29-12-13)3-2-4-18(16)25-20/h2-12,25H,1H3,(H,26,27). The number of hydrogen-bond acceptors (Lipinski definition) is 4. The van der Waals surface area contributed by atoms with Crippen molar-refractivity contribution in [2.45, 2.75) is 0 Å². The SMILES string of the molecule is Cn1cc(-c2cc3c(-c4cc5c(-c6ccoc6)cccc5[nH]4)n[nH]c3cn2)cn1. The van der Waals surface area contributed by atoms with Crippen LogP contribution in [-0.2, 0) is 7.05 Å². The fourth-order valence-electron chi connectivity index (χ4n) is 3.79. The lowest BCUT2D eigenvalue weighted by molar-refractivity contribution is 0.568. The minimum Gasteiger partial charge on any atom is -0.472 e. The number of fused-ring (bicyclic) bond motifs is 2. The van der Waals surface area contributed by atoms with Crippen molar-refractivity contribution >= 4 is 21.8 Å². The van der Waals surface area contributed by atoms with Gasteiger partial charge in [0.25, 0.3) is 0 Å². The van der Waals surface area contributed by atoms with Gasteiger partial charge in [-0.05, 0) is 29.8 Å². The van der Waals surface area contributed by atoms with Crippen LogP contribution in [0.25, 0.3) is 55.6 Å². The summed E-state index contributed by atoms with van der Waals surface area (Å²) in [7, 11) is 1.90. The van der Waals surface area contributed by atoms with E-state index in [0.717, 1.165) is 55.6 Å². The summed E-state index contributed by atoms with van der Waals surface area (Å²) in [6.07, 6.45) is 9.03. The molecule has 0 bridgehead atoms. The highest BCUT2D eigenvalue weighted by atomic mass is 16.3. The molecule has 6 aromatic rings. The van der Waals surface area contributed by atoms with Gasteiger partial charge in [-0.1, -0.05) is 12.1 Å². The van der Waals surface area contributed by atoms with Crippen LogP contribution < -0.4 is 0 Å². The van der Waals surface area contributed by atoms with Crippen molar-refractivity contribution in [3.8, 4) is 33.8 Å². The Morgan fingerprint density at radius 3 is 2.79 bits per heavy atom. The molecule has 0 unspecified atom stereocenters. The molecule has 0 saturated carbocycles. The summed E-state index contributed by atoms with van der Waals surface area (Å²) < 4.78 is 7.04. The molecule has 5 aromatic heterocycles. The Labute approximate surface area is 165 Å². The van der Waals surface area contributed by atoms with E-state index < -0.39 is 0 Å². The van der Waals surface area contributed by atoms with E-state index in [9.17, 15) is 0 Å². The lowest BCUT2D eigenvalue weighted by atomic mass is 10.0. The summed E-state index contributed by atoms with van der Waals surface area (Å²) in [5, 5.41) is 14.0. The first-order chi connectivity index (χ1) is 14.3. The van der Waals surface area contributed by atoms with E-state index in [4.69, 9.17) is 4.42 Å². The van der Waals surface area contributed by atoms with Crippen LogP contribution in [0.3, 0.4) is 0 Å². The number of pyridine rings is 1. The van der Waals surface area contributed by atoms with Crippen LogP contribution >= 0.6 is 0 Å². The normalized spacial score (nSPS) is 11.6. The molecule has 2 N–H and O–H groups in total. The number of nitrogens with zero attached hydrogens (tertiary/aromatic N) is 4. The highest BCUT2D eigenvalue weighted by molar-refractivity contribution is 6.01. The molecule has 5 heterocycles. The Bertz CT molecular complexity index is 1470. The van der Waals surface area contributed by atoms with Gasteiger partial charge in [-0.2, -0.15) is 10.2 Å². The van der Waals surface area contributed by atoms with Crippen molar-refractivity contribution in [2.75, 3.05) is 0 Å². The van der Waals surface area contributed by atoms with Crippen LogP contribution in [0.4, 0.5) is 0 Å². The third-order valence-corrected chi connectivity index (χ3v) is 5.20. The topological polar surface area (TPSA) is 88.3 Å². The Balaban J connectivity index is 1.53. The van der Waals surface area contributed by atoms with Crippen LogP contribution in [0.15, 0.2) is 71.9 Å². The number of aromatic nitrogens is 6. The lowest BCUT2D eigenvalue weighted by Crippen LogP contribution is -1.85. The summed E-state index contributed by atoms with van der Waals surface area (Å²) in [5.41, 5.74) is 7.77. The second-order valence-electron chi connectivity index (χ2n) is 7.05. The molecule has 0 aliphatic rings. The predicted molar refractivity (Wildman–Crippen MR) is 111 cm³/mol. The van der Waals surface area contributed by atoms with Gasteiger partial charge in [-0.3, -0.25) is 14.8 Å². The highest BCUT2D eigenvalue weighted by Crippen LogP contribution is 2.34. The van der Waals surface area contributed by atoms with Gasteiger partial charge < -0.3 is 9.40 Å². The average molecular weight is 380 g/mol. The van der Waals surface area contributed by atoms with E-state index in [1.807, 2.05) is 43.8 Å². The molecule has 7 nitrogen and oxygen atoms in total. The van der Waals surface area contributed by atoms with Gasteiger partial charge >= 0.3 is 0 Å². The number of rotatable bonds is 3. The number of benzene rings is 1. The molecule has 140 valence electrons. The summed E-state index contributed by atoms with van der Waals surface area (Å²) in [4.78, 5) is 8.05. The largest absolute Gasteiger partial charge is 0.472 e. The summed E-state index contributed by atoms with van der Waals surface area (Å²) in [6.45, 7) is 0. The molecule has 0 aliphatic carbocycles. The van der Waals surface area contributed by atoms with Gasteiger partial charge in [0.2, 0.25) is 0 Å². The minimum atomic E-state index is 0.863. The quantitative estimate of drug-likeness (QED) is 0.463. The van der Waals surface area contributed by atoms with E-state index in [1.165, 1.54) is 0 Å². The molecule has 29 heavy (non-hydrogen) atoms. The molecule has 6 rings (SSSR count). The number of aromatic amines is 2. The first-order valence-electron chi connectivity index (χ1n) is 9.24. The lowest BCUT2D eigenvalue weighted by Gasteiger charge is -1.98. The molecule has 0 amide bonds. The van der Waals surface area contributed by atoms with Gasteiger partial charge in [-0.25, -0.2) is 0 Å². The van der Waals surface area contributed by atoms with Crippen molar-refractivity contribution < 1.29 is 4.42 Å². The molecule has 0 fully saturated rings. The van der Waals surface area contributed by atoms with E-state index in [1.54, 1.807) is 17.2 Å². The monoisotopic (exact) mass is 380 g/mol. The first-order valence-corrected chi connectivity index (χ1v) is 9.24. The van der Waals surface area contributed by atoms with Crippen molar-refractivity contribution in [3.05, 3.63) is 67.5 Å². The van der Waals surface area contributed by atoms with Crippen molar-refractivity contribution in [3.63, 3.8) is 0 Å². The third-order valence-electron chi connectivity index (χ3n) is 5.20. The smallest absolute Gasteiger partial charge is 0.116 e. The second-order valence-corrected chi connectivity index (χ2v) is 7.05. The molecular weight excluding hydrogens is 364 g/mol. The van der Waals surface area contributed by atoms with Crippen LogP contribution in [0, 0.1) is 0 Å². The summed E-state index contributed by atoms with van der Waals surface area (Å²) >= 11 is 0. The van der Waals surface area contributed by atoms with Crippen molar-refractivity contribution in [1.29, 1.82) is 0 Å². The van der Waals surface area contributed by atoms with Crippen LogP contribution in [-0.4, -0.2) is 29.9 Å². The third kappa shape index (κ3) is 2.48. The van der Waals surface area contributed by atoms with Crippen molar-refractivity contribution in [2.24, 2.45) is 7.05 Å². The second kappa shape index (κ2) is 5.93. The van der Waals surface area contributed by atoms with E-state index in [0.29, 0.717) is 0 Å². The summed E-state index contributed by atoms with van der Waals surface area (Å²) in [6, 6.07) is 12.4. The van der Waals surface area contributed by atoms with Gasteiger partial charge in [0.05, 0.1) is 41.8 Å². The number of hydrogen-bond donors (Lipinski definition) is 2. The van der Waals surface area contributed by atoms with E-state index >= 15 is 0 Å². The number of nitrogens with one attached hydrogen (secondary N) is 2. The fraction of sp³-hybridized carbons (Fsp3) is 0.0455. The zero-order chi connectivity index (χ0) is 19.4. The van der Waals surface area contributed by atoms with E-state index in [-0.39, 0.29) is 0 Å². The average Bonchev–Trinajstić information content (AvgIpc) is 3.51. The van der Waals surface area contributed by atoms with Gasteiger partial charge in [0.15, 0.2) is 0 Å². The maximum absolute atomic E-state index is 5.27. The Morgan fingerprint density at radius 2 is 1.97 bits per heavy atom. The molecule has 0 spiro atoms. The molecule has 0 aliphatic heterocycles. The summed E-state index contributed by atoms with van der Waals surface area (Å²) in [5.74, 6) is 0. The molecule has 0 radical (unpaired) electrons. The maximum atomic E-state index is 5.27. The van der Waals surface area contributed by atoms with Gasteiger partial charge in [0.1, 0.15) is 5.69 Å². The Kier molecular flexibility index (Phi) is 3.25. The molecule has 0 atom stereocenters. The van der Waals surface area contributed by atoms with Crippen molar-refractivity contribution in [1.82, 2.24) is 29.9 Å². The van der Waals surface area contributed by atoms with Gasteiger partial charge in [-0.15, -0.1) is 0 Å². The number of furan rings is 1. The molecule has 1 aromatic carbocycles. The molecular formula is C22H16N6O. The zero-order valence-corrected chi connectivity index (χ0v) is 15.5. The number of aryl methyl sites for hydroxylation is 1. The highest BCUT2D eigenvalue weighted by Gasteiger charge is 2.15. The minimum absolute atomic E-state index is 0.863. The van der Waals surface area contributed by atoms with Crippen LogP contribution in [0.1, 0.15) is 0 Å². The van der Waals surface area contributed by atoms with Crippen LogP contribution in [0.2, 0.25) is 0 Å². The zero-order valence-electron chi connectivity index (χ0n) is 15.5. The Morgan fingerprint density at radius 1 is 1.00 bits per heavy atom. The fourth-order valence-corrected chi connectivity index (χ4v) is 3.79. The first kappa shape index (κ1) is 15.9. The number of H-pyrrole nitrogens is 2. The Hall–Kier alpha value is -4.13.